The molecule has 0 radical (unpaired) electrons. The first-order chi connectivity index (χ1) is 11.7. The Kier molecular flexibility index (Phi) is 4.59. The van der Waals surface area contributed by atoms with Crippen LogP contribution in [0, 0.1) is 5.92 Å². The van der Waals surface area contributed by atoms with E-state index in [1.165, 1.54) is 16.2 Å². The van der Waals surface area contributed by atoms with Crippen LogP contribution >= 0.6 is 11.3 Å². The average Bonchev–Trinajstić information content (AvgIpc) is 2.93. The molecule has 1 aromatic rings. The van der Waals surface area contributed by atoms with E-state index in [9.17, 15) is 14.4 Å². The van der Waals surface area contributed by atoms with Crippen molar-refractivity contribution in [3.05, 3.63) is 16.0 Å². The van der Waals surface area contributed by atoms with E-state index < -0.39 is 6.04 Å². The Morgan fingerprint density at radius 3 is 2.52 bits per heavy atom. The van der Waals surface area contributed by atoms with Crippen LogP contribution in [0.3, 0.4) is 0 Å². The summed E-state index contributed by atoms with van der Waals surface area (Å²) in [6.45, 7) is 4.94. The number of hydrogen-bond donors (Lipinski definition) is 1. The number of carbonyl (C=O) groups excluding carboxylic acids is 3. The second-order valence-electron chi connectivity index (χ2n) is 7.08. The zero-order chi connectivity index (χ0) is 18.5. The third-order valence-electron chi connectivity index (χ3n) is 4.97. The van der Waals surface area contributed by atoms with Gasteiger partial charge >= 0.3 is 0 Å². The lowest BCUT2D eigenvalue weighted by molar-refractivity contribution is -0.134. The third kappa shape index (κ3) is 2.93. The molecule has 2 aliphatic heterocycles. The number of hydrogen-bond acceptors (Lipinski definition) is 5. The van der Waals surface area contributed by atoms with Crippen LogP contribution in [0.2, 0.25) is 0 Å². The Balaban J connectivity index is 1.95. The first-order valence-corrected chi connectivity index (χ1v) is 9.25. The highest BCUT2D eigenvalue weighted by Gasteiger charge is 2.36. The van der Waals surface area contributed by atoms with Crippen molar-refractivity contribution in [3.8, 4) is 0 Å². The summed E-state index contributed by atoms with van der Waals surface area (Å²) < 4.78 is 0. The van der Waals surface area contributed by atoms with Gasteiger partial charge in [-0.1, -0.05) is 13.8 Å². The van der Waals surface area contributed by atoms with Gasteiger partial charge in [-0.05, 0) is 17.9 Å². The molecule has 0 saturated carbocycles. The predicted molar refractivity (Wildman–Crippen MR) is 96.6 cm³/mol. The molecule has 0 saturated heterocycles. The second kappa shape index (κ2) is 6.42. The molecule has 2 N–H and O–H groups in total. The van der Waals surface area contributed by atoms with Gasteiger partial charge in [0, 0.05) is 25.5 Å². The van der Waals surface area contributed by atoms with Gasteiger partial charge in [0.15, 0.2) is 0 Å². The van der Waals surface area contributed by atoms with E-state index in [2.05, 4.69) is 0 Å². The minimum Gasteiger partial charge on any atom is -0.336 e. The van der Waals surface area contributed by atoms with Gasteiger partial charge in [0.05, 0.1) is 18.2 Å². The Morgan fingerprint density at radius 1 is 1.20 bits per heavy atom. The number of nitrogens with two attached hydrogens (primary N) is 1. The highest BCUT2D eigenvalue weighted by molar-refractivity contribution is 7.17. The zero-order valence-corrected chi connectivity index (χ0v) is 15.9. The lowest BCUT2D eigenvalue weighted by atomic mass is 9.99. The van der Waals surface area contributed by atoms with Crippen LogP contribution in [-0.4, -0.2) is 60.7 Å². The molecule has 0 fully saturated rings. The maximum atomic E-state index is 12.7. The lowest BCUT2D eigenvalue weighted by Gasteiger charge is -2.30. The van der Waals surface area contributed by atoms with Crippen LogP contribution < -0.4 is 10.6 Å². The molecule has 8 heteroatoms. The zero-order valence-electron chi connectivity index (χ0n) is 15.0. The highest BCUT2D eigenvalue weighted by Crippen LogP contribution is 2.40. The fourth-order valence-electron chi connectivity index (χ4n) is 3.21. The monoisotopic (exact) mass is 364 g/mol. The number of amides is 3. The minimum atomic E-state index is -0.517. The Labute approximate surface area is 151 Å². The van der Waals surface area contributed by atoms with Crippen molar-refractivity contribution in [1.82, 2.24) is 9.80 Å². The smallest absolute Gasteiger partial charge is 0.257 e. The van der Waals surface area contributed by atoms with Crippen LogP contribution in [-0.2, 0) is 22.6 Å². The van der Waals surface area contributed by atoms with Gasteiger partial charge in [-0.25, -0.2) is 0 Å². The lowest BCUT2D eigenvalue weighted by Crippen LogP contribution is -2.48. The van der Waals surface area contributed by atoms with Gasteiger partial charge in [0.25, 0.3) is 5.91 Å². The molecule has 136 valence electrons. The number of carbonyl (C=O) groups is 3. The number of nitrogens with zero attached hydrogens (tertiary/aromatic N) is 3. The molecule has 0 unspecified atom stereocenters. The molecule has 0 aromatic carbocycles. The van der Waals surface area contributed by atoms with Gasteiger partial charge < -0.3 is 20.4 Å². The molecule has 1 aromatic heterocycles. The van der Waals surface area contributed by atoms with E-state index in [1.807, 2.05) is 13.8 Å². The van der Waals surface area contributed by atoms with Gasteiger partial charge in [0.1, 0.15) is 11.5 Å². The second-order valence-corrected chi connectivity index (χ2v) is 8.16. The maximum Gasteiger partial charge on any atom is 0.257 e. The quantitative estimate of drug-likeness (QED) is 0.835. The average molecular weight is 364 g/mol. The van der Waals surface area contributed by atoms with Crippen molar-refractivity contribution in [2.75, 3.05) is 32.1 Å². The molecule has 0 bridgehead atoms. The summed E-state index contributed by atoms with van der Waals surface area (Å²) in [6.07, 6.45) is 0.610. The molecule has 2 aliphatic rings. The van der Waals surface area contributed by atoms with Gasteiger partial charge in [-0.15, -0.1) is 11.3 Å². The topological polar surface area (TPSA) is 87.0 Å². The van der Waals surface area contributed by atoms with E-state index in [4.69, 9.17) is 5.73 Å². The van der Waals surface area contributed by atoms with E-state index in [-0.39, 0.29) is 30.2 Å². The summed E-state index contributed by atoms with van der Waals surface area (Å²) in [6, 6.07) is -0.517. The summed E-state index contributed by atoms with van der Waals surface area (Å²) in [5.41, 5.74) is 7.60. The number of anilines is 1. The molecule has 25 heavy (non-hydrogen) atoms. The summed E-state index contributed by atoms with van der Waals surface area (Å²) in [5.74, 6) is -0.211. The number of thiophene rings is 1. The number of likely N-dealkylation sites (N-methyl/N-ethyl adjacent to an activating group) is 2. The van der Waals surface area contributed by atoms with Crippen LogP contribution in [0.5, 0.6) is 0 Å². The predicted octanol–water partition coefficient (Wildman–Crippen LogP) is 0.664. The number of fused-ring (bicyclic) bond motifs is 3. The summed E-state index contributed by atoms with van der Waals surface area (Å²) in [7, 11) is 3.35. The fourth-order valence-corrected chi connectivity index (χ4v) is 4.55. The molecular formula is C17H24N4O3S. The highest BCUT2D eigenvalue weighted by atomic mass is 32.1. The Bertz CT molecular complexity index is 742. The van der Waals surface area contributed by atoms with Crippen molar-refractivity contribution < 1.29 is 14.4 Å². The molecule has 7 nitrogen and oxygen atoms in total. The van der Waals surface area contributed by atoms with Gasteiger partial charge in [-0.3, -0.25) is 14.4 Å². The summed E-state index contributed by atoms with van der Waals surface area (Å²) >= 11 is 1.43. The molecule has 0 aliphatic carbocycles. The maximum absolute atomic E-state index is 12.7. The van der Waals surface area contributed by atoms with Crippen LogP contribution in [0.15, 0.2) is 0 Å². The normalized spacial score (nSPS) is 19.0. The van der Waals surface area contributed by atoms with Gasteiger partial charge in [-0.2, -0.15) is 0 Å². The van der Waals surface area contributed by atoms with Crippen molar-refractivity contribution in [2.24, 2.45) is 11.7 Å². The molecule has 0 spiro atoms. The van der Waals surface area contributed by atoms with E-state index in [0.717, 1.165) is 10.4 Å². The van der Waals surface area contributed by atoms with E-state index in [0.29, 0.717) is 30.1 Å². The molecule has 3 heterocycles. The SMILES string of the molecule is CC(C)[C@H](N)C(=O)N1CCc2c(sc3c2C(=O)N(C)CC(=O)N3C)C1. The largest absolute Gasteiger partial charge is 0.336 e. The van der Waals surface area contributed by atoms with Crippen LogP contribution in [0.1, 0.15) is 34.6 Å². The minimum absolute atomic E-state index is 0.0582. The third-order valence-corrected chi connectivity index (χ3v) is 6.26. The van der Waals surface area contributed by atoms with E-state index >= 15 is 0 Å². The summed E-state index contributed by atoms with van der Waals surface area (Å²) in [4.78, 5) is 43.3. The fraction of sp³-hybridized carbons (Fsp3) is 0.588. The molecule has 3 amide bonds. The van der Waals surface area contributed by atoms with Crippen LogP contribution in [0.25, 0.3) is 0 Å². The van der Waals surface area contributed by atoms with Gasteiger partial charge in [0.2, 0.25) is 11.8 Å². The van der Waals surface area contributed by atoms with Crippen molar-refractivity contribution in [1.29, 1.82) is 0 Å². The Hall–Kier alpha value is -1.93. The standard InChI is InChI=1S/C17H24N4O3S/c1-9(2)14(18)16(24)21-6-5-10-11(7-21)25-17-13(10)15(23)19(3)8-12(22)20(17)4/h9,14H,5-8,18H2,1-4H3/t14-/m0/s1. The van der Waals surface area contributed by atoms with Crippen molar-refractivity contribution >= 4 is 34.1 Å². The first kappa shape index (κ1) is 17.9. The molecular weight excluding hydrogens is 340 g/mol. The summed E-state index contributed by atoms with van der Waals surface area (Å²) in [5, 5.41) is 0.687. The molecule has 3 rings (SSSR count). The number of rotatable bonds is 2. The first-order valence-electron chi connectivity index (χ1n) is 8.43. The van der Waals surface area contributed by atoms with Crippen molar-refractivity contribution in [2.45, 2.75) is 32.9 Å². The van der Waals surface area contributed by atoms with Crippen molar-refractivity contribution in [3.63, 3.8) is 0 Å². The van der Waals surface area contributed by atoms with Crippen LogP contribution in [0.4, 0.5) is 5.00 Å². The Morgan fingerprint density at radius 2 is 1.88 bits per heavy atom. The van der Waals surface area contributed by atoms with E-state index in [1.54, 1.807) is 23.9 Å². The molecule has 1 atom stereocenters.